The fraction of sp³-hybridized carbons (Fsp3) is 0.412. The van der Waals surface area contributed by atoms with Gasteiger partial charge in [-0.25, -0.2) is 13.0 Å². The van der Waals surface area contributed by atoms with Gasteiger partial charge in [-0.2, -0.15) is 0 Å². The first-order chi connectivity index (χ1) is 21.8. The molecule has 46 heavy (non-hydrogen) atoms. The van der Waals surface area contributed by atoms with Crippen LogP contribution in [0.2, 0.25) is 0 Å². The summed E-state index contributed by atoms with van der Waals surface area (Å²) in [4.78, 5) is 42.2. The number of piperidine rings is 1. The molecule has 244 valence electrons. The Morgan fingerprint density at radius 2 is 1.67 bits per heavy atom. The maximum Gasteiger partial charge on any atom is 0.258 e. The maximum atomic E-state index is 14.0. The van der Waals surface area contributed by atoms with Crippen molar-refractivity contribution in [2.75, 3.05) is 36.8 Å². The van der Waals surface area contributed by atoms with Gasteiger partial charge in [0.1, 0.15) is 24.2 Å². The summed E-state index contributed by atoms with van der Waals surface area (Å²) in [6.45, 7) is 4.48. The topological polar surface area (TPSA) is 129 Å². The molecule has 0 unspecified atom stereocenters. The van der Waals surface area contributed by atoms with Crippen LogP contribution in [-0.2, 0) is 43.4 Å². The molecule has 2 aliphatic heterocycles. The second-order valence-electron chi connectivity index (χ2n) is 12.8. The molecule has 1 spiro atoms. The van der Waals surface area contributed by atoms with E-state index in [1.807, 2.05) is 54.6 Å². The Labute approximate surface area is 270 Å². The third kappa shape index (κ3) is 7.23. The largest absolute Gasteiger partial charge is 0.374 e. The van der Waals surface area contributed by atoms with Gasteiger partial charge in [0.05, 0.1) is 25.2 Å². The number of amides is 3. The maximum absolute atomic E-state index is 14.0. The molecule has 12 heteroatoms. The van der Waals surface area contributed by atoms with Crippen molar-refractivity contribution >= 4 is 33.4 Å². The first-order valence-electron chi connectivity index (χ1n) is 15.4. The van der Waals surface area contributed by atoms with Crippen molar-refractivity contribution < 1.29 is 32.1 Å². The van der Waals surface area contributed by atoms with Crippen LogP contribution in [0.25, 0.3) is 0 Å². The minimum absolute atomic E-state index is 0.0651. The fourth-order valence-electron chi connectivity index (χ4n) is 6.20. The number of likely N-dealkylation sites (tertiary alicyclic amines) is 1. The summed E-state index contributed by atoms with van der Waals surface area (Å²) in [5.41, 5.74) is 1.26. The number of nitrogens with one attached hydrogen (secondary N) is 2. The van der Waals surface area contributed by atoms with Crippen LogP contribution in [0, 0.1) is 0 Å². The molecule has 2 N–H and O–H groups in total. The van der Waals surface area contributed by atoms with E-state index in [1.54, 1.807) is 54.9 Å². The highest BCUT2D eigenvalue weighted by Crippen LogP contribution is 2.47. The molecule has 0 bridgehead atoms. The molecular weight excluding hydrogens is 606 g/mol. The van der Waals surface area contributed by atoms with Gasteiger partial charge in [-0.15, -0.1) is 0 Å². The van der Waals surface area contributed by atoms with Crippen LogP contribution in [0.3, 0.4) is 0 Å². The minimum atomic E-state index is -3.47. The van der Waals surface area contributed by atoms with Gasteiger partial charge in [0, 0.05) is 31.1 Å². The van der Waals surface area contributed by atoms with Gasteiger partial charge in [-0.05, 0) is 49.9 Å². The number of sulfonamides is 1. The second kappa shape index (κ2) is 13.2. The second-order valence-corrected chi connectivity index (χ2v) is 14.7. The molecule has 3 heterocycles. The molecule has 3 aromatic rings. The molecule has 0 saturated carbocycles. The molecule has 0 radical (unpaired) electrons. The molecule has 2 aliphatic rings. The molecule has 3 amide bonds. The lowest BCUT2D eigenvalue weighted by molar-refractivity contribution is -0.671. The third-order valence-electron chi connectivity index (χ3n) is 8.82. The number of aryl methyl sites for hydroxylation is 1. The van der Waals surface area contributed by atoms with Crippen LogP contribution >= 0.6 is 0 Å². The van der Waals surface area contributed by atoms with E-state index in [0.717, 1.165) is 11.1 Å². The molecule has 2 aromatic carbocycles. The molecule has 0 aliphatic carbocycles. The van der Waals surface area contributed by atoms with Gasteiger partial charge in [-0.1, -0.05) is 48.5 Å². The van der Waals surface area contributed by atoms with Crippen molar-refractivity contribution in [3.63, 3.8) is 0 Å². The predicted molar refractivity (Wildman–Crippen MR) is 173 cm³/mol. The van der Waals surface area contributed by atoms with E-state index in [2.05, 4.69) is 10.6 Å². The fourth-order valence-corrected chi connectivity index (χ4v) is 7.20. The molecule has 1 atom stereocenters. The summed E-state index contributed by atoms with van der Waals surface area (Å²) in [6.07, 6.45) is 5.82. The Morgan fingerprint density at radius 1 is 1.00 bits per heavy atom. The summed E-state index contributed by atoms with van der Waals surface area (Å²) in [5.74, 6) is -1.23. The highest BCUT2D eigenvalue weighted by atomic mass is 32.2. The zero-order valence-corrected chi connectivity index (χ0v) is 27.5. The Kier molecular flexibility index (Phi) is 9.50. The van der Waals surface area contributed by atoms with Gasteiger partial charge in [-0.3, -0.25) is 18.7 Å². The SMILES string of the molecule is C[n+]1cccc(C(=O)NC(C)(C)C(=O)N[C@H](COCc2ccccc2)C(=O)N2CCC3(CC2)CN(S(C)(=O)=O)c2ccccc23)c1. The Bertz CT molecular complexity index is 1700. The van der Waals surface area contributed by atoms with E-state index in [-0.39, 0.29) is 19.1 Å². The van der Waals surface area contributed by atoms with Crippen LogP contribution in [0.5, 0.6) is 0 Å². The number of anilines is 1. The van der Waals surface area contributed by atoms with E-state index in [1.165, 1.54) is 10.6 Å². The summed E-state index contributed by atoms with van der Waals surface area (Å²) in [6, 6.07) is 19.5. The van der Waals surface area contributed by atoms with Crippen LogP contribution in [0.1, 0.15) is 48.2 Å². The number of aromatic nitrogens is 1. The number of fused-ring (bicyclic) bond motifs is 2. The van der Waals surface area contributed by atoms with Crippen molar-refractivity contribution in [2.45, 2.75) is 50.3 Å². The zero-order chi connectivity index (χ0) is 33.1. The first kappa shape index (κ1) is 33.1. The predicted octanol–water partition coefficient (Wildman–Crippen LogP) is 2.06. The van der Waals surface area contributed by atoms with E-state index in [0.29, 0.717) is 43.7 Å². The van der Waals surface area contributed by atoms with Crippen molar-refractivity contribution in [3.8, 4) is 0 Å². The standard InChI is InChI=1S/C34H41N5O6S/c1-33(2,36-30(40)26-13-10-18-37(3)21-26)32(42)35-28(23-45-22-25-11-6-5-7-12-25)31(41)38-19-16-34(17-20-38)24-39(46(4,43)44)29-15-9-8-14-27(29)34/h5-15,18,21,28H,16-17,19-20,22-24H2,1-4H3,(H-,35,36,40,42)/p+1/t28-/m1/s1. The molecular formula is C34H42N5O6S+. The third-order valence-corrected chi connectivity index (χ3v) is 9.94. The van der Waals surface area contributed by atoms with Crippen LogP contribution in [0.4, 0.5) is 5.69 Å². The minimum Gasteiger partial charge on any atom is -0.374 e. The van der Waals surface area contributed by atoms with Crippen LogP contribution < -0.4 is 19.5 Å². The monoisotopic (exact) mass is 648 g/mol. The van der Waals surface area contributed by atoms with E-state index in [4.69, 9.17) is 4.74 Å². The number of pyridine rings is 1. The lowest BCUT2D eigenvalue weighted by Crippen LogP contribution is -2.61. The van der Waals surface area contributed by atoms with Gasteiger partial charge < -0.3 is 20.3 Å². The van der Waals surface area contributed by atoms with E-state index in [9.17, 15) is 22.8 Å². The number of hydrogen-bond acceptors (Lipinski definition) is 6. The normalized spacial score (nSPS) is 16.5. The number of ether oxygens (including phenoxy) is 1. The van der Waals surface area contributed by atoms with Gasteiger partial charge >= 0.3 is 0 Å². The molecule has 11 nitrogen and oxygen atoms in total. The summed E-state index contributed by atoms with van der Waals surface area (Å²) in [7, 11) is -1.66. The quantitative estimate of drug-likeness (QED) is 0.324. The first-order valence-corrected chi connectivity index (χ1v) is 17.2. The molecule has 1 aromatic heterocycles. The van der Waals surface area contributed by atoms with Crippen molar-refractivity contribution in [1.82, 2.24) is 15.5 Å². The number of hydrogen-bond donors (Lipinski definition) is 2. The average Bonchev–Trinajstić information content (AvgIpc) is 3.35. The highest BCUT2D eigenvalue weighted by Gasteiger charge is 2.48. The number of para-hydroxylation sites is 1. The summed E-state index contributed by atoms with van der Waals surface area (Å²) >= 11 is 0. The van der Waals surface area contributed by atoms with Crippen molar-refractivity contribution in [1.29, 1.82) is 0 Å². The number of carbonyl (C=O) groups is 3. The van der Waals surface area contributed by atoms with Crippen molar-refractivity contribution in [2.24, 2.45) is 7.05 Å². The Balaban J connectivity index is 1.29. The van der Waals surface area contributed by atoms with Crippen molar-refractivity contribution in [3.05, 3.63) is 95.8 Å². The molecule has 1 saturated heterocycles. The average molecular weight is 649 g/mol. The lowest BCUT2D eigenvalue weighted by atomic mass is 9.74. The van der Waals surface area contributed by atoms with E-state index >= 15 is 0 Å². The summed E-state index contributed by atoms with van der Waals surface area (Å²) in [5, 5.41) is 5.63. The number of nitrogens with zero attached hydrogens (tertiary/aromatic N) is 3. The summed E-state index contributed by atoms with van der Waals surface area (Å²) < 4.78 is 34.4. The molecule has 1 fully saturated rings. The number of rotatable bonds is 10. The Hall–Kier alpha value is -4.29. The number of carbonyl (C=O) groups excluding carboxylic acids is 3. The van der Waals surface area contributed by atoms with Gasteiger partial charge in [0.2, 0.25) is 21.8 Å². The highest BCUT2D eigenvalue weighted by molar-refractivity contribution is 7.92. The van der Waals surface area contributed by atoms with Gasteiger partial charge in [0.15, 0.2) is 12.4 Å². The van der Waals surface area contributed by atoms with E-state index < -0.39 is 38.8 Å². The van der Waals surface area contributed by atoms with Crippen LogP contribution in [-0.4, -0.2) is 75.1 Å². The lowest BCUT2D eigenvalue weighted by Gasteiger charge is -2.41. The van der Waals surface area contributed by atoms with Gasteiger partial charge in [0.25, 0.3) is 5.91 Å². The molecule has 5 rings (SSSR count). The zero-order valence-electron chi connectivity index (χ0n) is 26.7. The Morgan fingerprint density at radius 3 is 2.35 bits per heavy atom. The number of benzene rings is 2. The smallest absolute Gasteiger partial charge is 0.258 e. The van der Waals surface area contributed by atoms with Crippen LogP contribution in [0.15, 0.2) is 79.1 Å².